The van der Waals surface area contributed by atoms with Gasteiger partial charge in [-0.15, -0.1) is 0 Å². The van der Waals surface area contributed by atoms with Crippen LogP contribution in [0.15, 0.2) is 12.3 Å². The maximum absolute atomic E-state index is 4.00. The zero-order valence-electron chi connectivity index (χ0n) is 7.59. The molecule has 0 aromatic carbocycles. The second kappa shape index (κ2) is 6.92. The Hall–Kier alpha value is 0.240. The van der Waals surface area contributed by atoms with Crippen LogP contribution < -0.4 is 0 Å². The summed E-state index contributed by atoms with van der Waals surface area (Å²) < 4.78 is 0. The molecule has 0 bridgehead atoms. The summed E-state index contributed by atoms with van der Waals surface area (Å²) in [6.45, 7) is 7.20. The number of hydrogen-bond donors (Lipinski definition) is 0. The molecule has 11 heavy (non-hydrogen) atoms. The van der Waals surface area contributed by atoms with Crippen LogP contribution in [0.2, 0.25) is 0 Å². The van der Waals surface area contributed by atoms with Gasteiger partial charge in [-0.05, 0) is 19.6 Å². The summed E-state index contributed by atoms with van der Waals surface area (Å²) in [6, 6.07) is 0. The highest BCUT2D eigenvalue weighted by Gasteiger charge is 1.97. The van der Waals surface area contributed by atoms with E-state index in [1.165, 1.54) is 11.4 Å². The molecule has 0 fully saturated rings. The third-order valence-corrected chi connectivity index (χ3v) is 3.42. The van der Waals surface area contributed by atoms with Crippen molar-refractivity contribution in [2.24, 2.45) is 0 Å². The number of allylic oxidation sites excluding steroid dienone is 1. The zero-order valence-corrected chi connectivity index (χ0v) is 9.23. The lowest BCUT2D eigenvalue weighted by Crippen LogP contribution is -2.16. The standard InChI is InChI=1S/C8H17NS2/c1-5-9(3)8(2)6-7-11-10-4/h2,5-7H2,1,3-4H3. The van der Waals surface area contributed by atoms with Gasteiger partial charge in [0.1, 0.15) is 0 Å². The van der Waals surface area contributed by atoms with Crippen molar-refractivity contribution >= 4 is 21.6 Å². The summed E-state index contributed by atoms with van der Waals surface area (Å²) in [4.78, 5) is 2.20. The molecule has 0 radical (unpaired) electrons. The van der Waals surface area contributed by atoms with Gasteiger partial charge >= 0.3 is 0 Å². The smallest absolute Gasteiger partial charge is 0.0143 e. The van der Waals surface area contributed by atoms with Crippen LogP contribution in [0.3, 0.4) is 0 Å². The summed E-state index contributed by atoms with van der Waals surface area (Å²) in [5, 5.41) is 0. The minimum atomic E-state index is 1.06. The average Bonchev–Trinajstić information content (AvgIpc) is 2.03. The van der Waals surface area contributed by atoms with Crippen LogP contribution in [0.5, 0.6) is 0 Å². The highest BCUT2D eigenvalue weighted by molar-refractivity contribution is 8.76. The molecule has 0 amide bonds. The molecule has 0 rings (SSSR count). The minimum Gasteiger partial charge on any atom is -0.379 e. The van der Waals surface area contributed by atoms with Gasteiger partial charge in [0.05, 0.1) is 0 Å². The fraction of sp³-hybridized carbons (Fsp3) is 0.750. The number of rotatable bonds is 6. The predicted octanol–water partition coefficient (Wildman–Crippen LogP) is 2.85. The topological polar surface area (TPSA) is 3.24 Å². The molecule has 0 spiro atoms. The Morgan fingerprint density at radius 1 is 1.55 bits per heavy atom. The van der Waals surface area contributed by atoms with Crippen LogP contribution in [0, 0.1) is 0 Å². The van der Waals surface area contributed by atoms with Gasteiger partial charge in [-0.25, -0.2) is 0 Å². The van der Waals surface area contributed by atoms with Gasteiger partial charge in [0.15, 0.2) is 0 Å². The van der Waals surface area contributed by atoms with Gasteiger partial charge in [0, 0.05) is 25.0 Å². The van der Waals surface area contributed by atoms with E-state index >= 15 is 0 Å². The summed E-state index contributed by atoms with van der Waals surface area (Å²) in [5.41, 5.74) is 1.24. The Morgan fingerprint density at radius 3 is 2.64 bits per heavy atom. The maximum atomic E-state index is 4.00. The highest BCUT2D eigenvalue weighted by atomic mass is 33.1. The average molecular weight is 191 g/mol. The van der Waals surface area contributed by atoms with Gasteiger partial charge in [-0.3, -0.25) is 0 Å². The Morgan fingerprint density at radius 2 is 2.18 bits per heavy atom. The van der Waals surface area contributed by atoms with Crippen LogP contribution in [0.4, 0.5) is 0 Å². The van der Waals surface area contributed by atoms with Gasteiger partial charge < -0.3 is 4.90 Å². The summed E-state index contributed by atoms with van der Waals surface area (Å²) >= 11 is 0. The fourth-order valence-electron chi connectivity index (χ4n) is 0.657. The Bertz CT molecular complexity index is 115. The van der Waals surface area contributed by atoms with E-state index in [0.29, 0.717) is 0 Å². The first kappa shape index (κ1) is 11.2. The molecule has 1 nitrogen and oxygen atoms in total. The maximum Gasteiger partial charge on any atom is 0.0143 e. The molecule has 66 valence electrons. The SMILES string of the molecule is C=C(CCSSC)N(C)CC. The minimum absolute atomic E-state index is 1.06. The van der Waals surface area contributed by atoms with Crippen LogP contribution in [-0.2, 0) is 0 Å². The van der Waals surface area contributed by atoms with E-state index < -0.39 is 0 Å². The van der Waals surface area contributed by atoms with E-state index in [4.69, 9.17) is 0 Å². The molecule has 0 unspecified atom stereocenters. The molecule has 0 aliphatic heterocycles. The molecule has 0 N–H and O–H groups in total. The normalized spacial score (nSPS) is 9.73. The first-order chi connectivity index (χ1) is 5.22. The molecule has 3 heteroatoms. The van der Waals surface area contributed by atoms with Crippen LogP contribution in [-0.4, -0.2) is 30.5 Å². The van der Waals surface area contributed by atoms with Gasteiger partial charge in [-0.1, -0.05) is 28.2 Å². The lowest BCUT2D eigenvalue weighted by molar-refractivity contribution is 0.431. The van der Waals surface area contributed by atoms with E-state index in [9.17, 15) is 0 Å². The van der Waals surface area contributed by atoms with Crippen molar-refractivity contribution in [3.8, 4) is 0 Å². The van der Waals surface area contributed by atoms with Crippen LogP contribution in [0.1, 0.15) is 13.3 Å². The Labute approximate surface area is 78.0 Å². The molecule has 0 heterocycles. The first-order valence-corrected chi connectivity index (χ1v) is 6.49. The van der Waals surface area contributed by atoms with Crippen LogP contribution in [0.25, 0.3) is 0 Å². The van der Waals surface area contributed by atoms with E-state index in [2.05, 4.69) is 31.7 Å². The number of nitrogens with zero attached hydrogens (tertiary/aromatic N) is 1. The van der Waals surface area contributed by atoms with Gasteiger partial charge in [0.25, 0.3) is 0 Å². The molecule has 0 atom stereocenters. The fourth-order valence-corrected chi connectivity index (χ4v) is 1.89. The molecular weight excluding hydrogens is 174 g/mol. The van der Waals surface area contributed by atoms with E-state index in [0.717, 1.165) is 13.0 Å². The quantitative estimate of drug-likeness (QED) is 0.469. The summed E-state index contributed by atoms with van der Waals surface area (Å²) in [6.07, 6.45) is 3.22. The van der Waals surface area contributed by atoms with Gasteiger partial charge in [0.2, 0.25) is 0 Å². The van der Waals surface area contributed by atoms with Crippen molar-refractivity contribution in [1.82, 2.24) is 4.90 Å². The molecule has 0 aromatic rings. The van der Waals surface area contributed by atoms with Crippen LogP contribution >= 0.6 is 21.6 Å². The van der Waals surface area contributed by atoms with Crippen molar-refractivity contribution in [2.75, 3.05) is 25.6 Å². The van der Waals surface area contributed by atoms with Crippen molar-refractivity contribution in [3.05, 3.63) is 12.3 Å². The third kappa shape index (κ3) is 5.50. The van der Waals surface area contributed by atoms with Crippen molar-refractivity contribution in [1.29, 1.82) is 0 Å². The molecule has 0 aliphatic rings. The highest BCUT2D eigenvalue weighted by Crippen LogP contribution is 2.19. The van der Waals surface area contributed by atoms with E-state index in [1.54, 1.807) is 0 Å². The van der Waals surface area contributed by atoms with E-state index in [1.807, 2.05) is 21.6 Å². The largest absolute Gasteiger partial charge is 0.379 e. The Balaban J connectivity index is 3.36. The summed E-state index contributed by atoms with van der Waals surface area (Å²) in [5.74, 6) is 1.17. The first-order valence-electron chi connectivity index (χ1n) is 3.76. The molecule has 0 saturated heterocycles. The predicted molar refractivity (Wildman–Crippen MR) is 58.0 cm³/mol. The molecule has 0 aromatic heterocycles. The third-order valence-electron chi connectivity index (χ3n) is 1.61. The monoisotopic (exact) mass is 191 g/mol. The zero-order chi connectivity index (χ0) is 8.69. The lowest BCUT2D eigenvalue weighted by atomic mass is 10.3. The Kier molecular flexibility index (Phi) is 7.07. The second-order valence-electron chi connectivity index (χ2n) is 2.32. The molecule has 0 aliphatic carbocycles. The van der Waals surface area contributed by atoms with Crippen molar-refractivity contribution in [3.63, 3.8) is 0 Å². The lowest BCUT2D eigenvalue weighted by Gasteiger charge is -2.18. The van der Waals surface area contributed by atoms with Crippen molar-refractivity contribution in [2.45, 2.75) is 13.3 Å². The van der Waals surface area contributed by atoms with Gasteiger partial charge in [-0.2, -0.15) is 0 Å². The number of hydrogen-bond acceptors (Lipinski definition) is 3. The van der Waals surface area contributed by atoms with E-state index in [-0.39, 0.29) is 0 Å². The molecular formula is C8H17NS2. The second-order valence-corrected chi connectivity index (χ2v) is 5.00. The molecule has 0 saturated carbocycles. The summed E-state index contributed by atoms with van der Waals surface area (Å²) in [7, 11) is 5.80. The van der Waals surface area contributed by atoms with Crippen molar-refractivity contribution < 1.29 is 0 Å².